The molecule has 0 radical (unpaired) electrons. The van der Waals surface area contributed by atoms with E-state index in [0.717, 1.165) is 5.56 Å². The van der Waals surface area contributed by atoms with Crippen molar-refractivity contribution in [3.05, 3.63) is 87.1 Å². The van der Waals surface area contributed by atoms with Crippen LogP contribution >= 0.6 is 22.9 Å². The van der Waals surface area contributed by atoms with E-state index in [1.54, 1.807) is 24.3 Å². The molecule has 0 saturated heterocycles. The van der Waals surface area contributed by atoms with Gasteiger partial charge in [0.15, 0.2) is 0 Å². The maximum Gasteiger partial charge on any atom is 0.274 e. The van der Waals surface area contributed by atoms with Crippen molar-refractivity contribution in [3.8, 4) is 0 Å². The highest BCUT2D eigenvalue weighted by Gasteiger charge is 2.13. The predicted octanol–water partition coefficient (Wildman–Crippen LogP) is 4.52. The average Bonchev–Trinajstić information content (AvgIpc) is 3.19. The van der Waals surface area contributed by atoms with Crippen molar-refractivity contribution in [2.24, 2.45) is 0 Å². The minimum absolute atomic E-state index is 0.252. The molecule has 132 valence electrons. The Labute approximate surface area is 159 Å². The molecule has 0 spiro atoms. The van der Waals surface area contributed by atoms with Crippen LogP contribution in [0, 0.1) is 0 Å². The molecule has 3 aromatic rings. The van der Waals surface area contributed by atoms with Gasteiger partial charge in [-0.25, -0.2) is 5.48 Å². The minimum Gasteiger partial charge on any atom is -0.320 e. The lowest BCUT2D eigenvalue weighted by Crippen LogP contribution is -2.23. The number of thiophene rings is 1. The molecule has 0 atom stereocenters. The summed E-state index contributed by atoms with van der Waals surface area (Å²) in [5.74, 6) is -0.705. The van der Waals surface area contributed by atoms with Crippen LogP contribution in [0.5, 0.6) is 0 Å². The number of anilines is 1. The van der Waals surface area contributed by atoms with E-state index in [1.807, 2.05) is 35.7 Å². The lowest BCUT2D eigenvalue weighted by atomic mass is 10.2. The third-order valence-corrected chi connectivity index (χ3v) is 4.67. The van der Waals surface area contributed by atoms with Crippen LogP contribution in [0.4, 0.5) is 5.69 Å². The first-order chi connectivity index (χ1) is 12.6. The number of amides is 2. The molecule has 1 heterocycles. The second-order valence-electron chi connectivity index (χ2n) is 5.33. The van der Waals surface area contributed by atoms with Crippen LogP contribution in [0.3, 0.4) is 0 Å². The number of hydrogen-bond donors (Lipinski definition) is 2. The Morgan fingerprint density at radius 1 is 1.00 bits per heavy atom. The van der Waals surface area contributed by atoms with E-state index in [4.69, 9.17) is 16.4 Å². The van der Waals surface area contributed by atoms with E-state index < -0.39 is 5.91 Å². The third kappa shape index (κ3) is 4.70. The van der Waals surface area contributed by atoms with Gasteiger partial charge in [-0.3, -0.25) is 14.4 Å². The molecular formula is C19H15ClN2O3S. The van der Waals surface area contributed by atoms with E-state index in [1.165, 1.54) is 17.4 Å². The van der Waals surface area contributed by atoms with Crippen LogP contribution in [0.2, 0.25) is 5.02 Å². The molecule has 2 N–H and O–H groups in total. The van der Waals surface area contributed by atoms with Crippen LogP contribution in [0.1, 0.15) is 25.6 Å². The van der Waals surface area contributed by atoms with Gasteiger partial charge in [0.1, 0.15) is 0 Å². The second-order valence-corrected chi connectivity index (χ2v) is 6.69. The second kappa shape index (κ2) is 8.62. The predicted molar refractivity (Wildman–Crippen MR) is 102 cm³/mol. The van der Waals surface area contributed by atoms with Crippen LogP contribution < -0.4 is 10.8 Å². The van der Waals surface area contributed by atoms with Gasteiger partial charge in [-0.05, 0) is 35.2 Å². The number of halogens is 1. The molecule has 0 saturated carbocycles. The Balaban J connectivity index is 1.62. The zero-order valence-electron chi connectivity index (χ0n) is 13.6. The molecule has 2 aromatic carbocycles. The highest BCUT2D eigenvalue weighted by Crippen LogP contribution is 2.24. The molecule has 0 aliphatic carbocycles. The van der Waals surface area contributed by atoms with Gasteiger partial charge < -0.3 is 5.32 Å². The van der Waals surface area contributed by atoms with Crippen molar-refractivity contribution in [2.75, 3.05) is 5.32 Å². The maximum atomic E-state index is 12.2. The normalized spacial score (nSPS) is 10.3. The van der Waals surface area contributed by atoms with Gasteiger partial charge in [0, 0.05) is 5.56 Å². The first-order valence-electron chi connectivity index (χ1n) is 7.74. The summed E-state index contributed by atoms with van der Waals surface area (Å²) in [6.07, 6.45) is 0. The van der Waals surface area contributed by atoms with E-state index in [9.17, 15) is 9.59 Å². The summed E-state index contributed by atoms with van der Waals surface area (Å²) in [7, 11) is 0. The molecule has 5 nitrogen and oxygen atoms in total. The molecule has 3 rings (SSSR count). The van der Waals surface area contributed by atoms with Crippen LogP contribution in [0.25, 0.3) is 0 Å². The first kappa shape index (κ1) is 18.1. The van der Waals surface area contributed by atoms with Crippen molar-refractivity contribution in [1.29, 1.82) is 0 Å². The van der Waals surface area contributed by atoms with E-state index in [2.05, 4.69) is 10.8 Å². The number of nitrogens with one attached hydrogen (secondary N) is 2. The van der Waals surface area contributed by atoms with Gasteiger partial charge in [-0.1, -0.05) is 48.0 Å². The summed E-state index contributed by atoms with van der Waals surface area (Å²) in [6.45, 7) is 0.252. The third-order valence-electron chi connectivity index (χ3n) is 3.47. The topological polar surface area (TPSA) is 67.4 Å². The summed E-state index contributed by atoms with van der Waals surface area (Å²) < 4.78 is 0. The van der Waals surface area contributed by atoms with E-state index >= 15 is 0 Å². The number of hydroxylamine groups is 1. The number of carbonyl (C=O) groups is 2. The van der Waals surface area contributed by atoms with Gasteiger partial charge in [-0.15, -0.1) is 11.3 Å². The van der Waals surface area contributed by atoms with Crippen molar-refractivity contribution in [3.63, 3.8) is 0 Å². The Morgan fingerprint density at radius 2 is 1.81 bits per heavy atom. The lowest BCUT2D eigenvalue weighted by molar-refractivity contribution is 0.0233. The van der Waals surface area contributed by atoms with Crippen molar-refractivity contribution in [2.45, 2.75) is 6.61 Å². The Hall–Kier alpha value is -2.67. The summed E-state index contributed by atoms with van der Waals surface area (Å²) in [6, 6.07) is 17.6. The van der Waals surface area contributed by atoms with Crippen molar-refractivity contribution < 1.29 is 14.4 Å². The number of carbonyl (C=O) groups excluding carboxylic acids is 2. The zero-order chi connectivity index (χ0) is 18.4. The van der Waals surface area contributed by atoms with E-state index in [-0.39, 0.29) is 12.5 Å². The number of benzene rings is 2. The monoisotopic (exact) mass is 386 g/mol. The van der Waals surface area contributed by atoms with E-state index in [0.29, 0.717) is 21.2 Å². The fraction of sp³-hybridized carbons (Fsp3) is 0.0526. The average molecular weight is 387 g/mol. The largest absolute Gasteiger partial charge is 0.320 e. The summed E-state index contributed by atoms with van der Waals surface area (Å²) >= 11 is 7.44. The molecule has 0 aliphatic rings. The molecule has 26 heavy (non-hydrogen) atoms. The summed E-state index contributed by atoms with van der Waals surface area (Å²) in [5, 5.41) is 4.86. The zero-order valence-corrected chi connectivity index (χ0v) is 15.1. The van der Waals surface area contributed by atoms with Crippen molar-refractivity contribution >= 4 is 40.4 Å². The van der Waals surface area contributed by atoms with Gasteiger partial charge in [0.25, 0.3) is 11.8 Å². The van der Waals surface area contributed by atoms with Gasteiger partial charge >= 0.3 is 0 Å². The molecule has 1 aromatic heterocycles. The fourth-order valence-electron chi connectivity index (χ4n) is 2.17. The SMILES string of the molecule is O=C(NOCc1ccccc1)c1ccc(Cl)c(NC(=O)c2cccs2)c1. The molecule has 0 aliphatic heterocycles. The Morgan fingerprint density at radius 3 is 2.54 bits per heavy atom. The van der Waals surface area contributed by atoms with Gasteiger partial charge in [0.2, 0.25) is 0 Å². The standard InChI is InChI=1S/C19H15ClN2O3S/c20-15-9-8-14(11-16(15)21-19(24)17-7-4-10-26-17)18(23)22-25-12-13-5-2-1-3-6-13/h1-11H,12H2,(H,21,24)(H,22,23). The Bertz CT molecular complexity index is 898. The number of rotatable bonds is 6. The first-order valence-corrected chi connectivity index (χ1v) is 9.00. The van der Waals surface area contributed by atoms with Crippen LogP contribution in [-0.2, 0) is 11.4 Å². The fourth-order valence-corrected chi connectivity index (χ4v) is 2.96. The maximum absolute atomic E-state index is 12.2. The Kier molecular flexibility index (Phi) is 6.01. The van der Waals surface area contributed by atoms with Crippen LogP contribution in [-0.4, -0.2) is 11.8 Å². The lowest BCUT2D eigenvalue weighted by Gasteiger charge is -2.10. The highest BCUT2D eigenvalue weighted by molar-refractivity contribution is 7.12. The van der Waals surface area contributed by atoms with Crippen LogP contribution in [0.15, 0.2) is 66.0 Å². The minimum atomic E-state index is -0.427. The van der Waals surface area contributed by atoms with Gasteiger partial charge in [0.05, 0.1) is 22.2 Å². The number of hydrogen-bond acceptors (Lipinski definition) is 4. The molecule has 7 heteroatoms. The molecule has 0 bridgehead atoms. The molecular weight excluding hydrogens is 372 g/mol. The molecule has 0 unspecified atom stereocenters. The quantitative estimate of drug-likeness (QED) is 0.612. The molecule has 2 amide bonds. The van der Waals surface area contributed by atoms with Gasteiger partial charge in [-0.2, -0.15) is 0 Å². The highest BCUT2D eigenvalue weighted by atomic mass is 35.5. The summed E-state index contributed by atoms with van der Waals surface area (Å²) in [5.41, 5.74) is 4.01. The summed E-state index contributed by atoms with van der Waals surface area (Å²) in [4.78, 5) is 30.2. The smallest absolute Gasteiger partial charge is 0.274 e. The van der Waals surface area contributed by atoms with Crippen molar-refractivity contribution in [1.82, 2.24) is 5.48 Å². The molecule has 0 fully saturated rings.